The van der Waals surface area contributed by atoms with E-state index in [-0.39, 0.29) is 11.8 Å². The molecular formula is C9H17BrN2O2. The van der Waals surface area contributed by atoms with E-state index in [0.717, 1.165) is 0 Å². The van der Waals surface area contributed by atoms with Gasteiger partial charge >= 0.3 is 0 Å². The largest absolute Gasteiger partial charge is 0.356 e. The molecule has 0 unspecified atom stereocenters. The second kappa shape index (κ2) is 6.01. The number of halogens is 1. The van der Waals surface area contributed by atoms with Gasteiger partial charge in [0.15, 0.2) is 0 Å². The zero-order chi connectivity index (χ0) is 11.2. The standard InChI is InChI=1S/C9H17BrN2O2/c1-4-11-7(13)5-6-12-8(14)9(2,3)10/h4-6H2,1-3H3,(H,11,13)(H,12,14). The van der Waals surface area contributed by atoms with Crippen molar-refractivity contribution in [2.24, 2.45) is 0 Å². The van der Waals surface area contributed by atoms with Crippen LogP contribution in [0.15, 0.2) is 0 Å². The van der Waals surface area contributed by atoms with Gasteiger partial charge in [0.1, 0.15) is 0 Å². The summed E-state index contributed by atoms with van der Waals surface area (Å²) in [5.74, 6) is -0.151. The number of alkyl halides is 1. The second-order valence-electron chi connectivity index (χ2n) is 3.43. The van der Waals surface area contributed by atoms with E-state index in [9.17, 15) is 9.59 Å². The van der Waals surface area contributed by atoms with Crippen LogP contribution in [0.1, 0.15) is 27.2 Å². The smallest absolute Gasteiger partial charge is 0.236 e. The van der Waals surface area contributed by atoms with Crippen molar-refractivity contribution in [3.8, 4) is 0 Å². The van der Waals surface area contributed by atoms with Crippen molar-refractivity contribution in [1.82, 2.24) is 10.6 Å². The first-order chi connectivity index (χ1) is 6.38. The van der Waals surface area contributed by atoms with Gasteiger partial charge in [-0.3, -0.25) is 9.59 Å². The maximum atomic E-state index is 11.3. The summed E-state index contributed by atoms with van der Waals surface area (Å²) in [6.07, 6.45) is 0.322. The first-order valence-corrected chi connectivity index (χ1v) is 5.41. The molecule has 5 heteroatoms. The molecule has 0 aliphatic heterocycles. The number of nitrogens with one attached hydrogen (secondary N) is 2. The van der Waals surface area contributed by atoms with Crippen LogP contribution >= 0.6 is 15.9 Å². The lowest BCUT2D eigenvalue weighted by Crippen LogP contribution is -2.39. The number of carbonyl (C=O) groups excluding carboxylic acids is 2. The van der Waals surface area contributed by atoms with Crippen LogP contribution in [-0.4, -0.2) is 29.2 Å². The van der Waals surface area contributed by atoms with Crippen LogP contribution in [0.3, 0.4) is 0 Å². The molecular weight excluding hydrogens is 248 g/mol. The predicted molar refractivity (Wildman–Crippen MR) is 59.3 cm³/mol. The molecule has 0 bridgehead atoms. The number of amides is 2. The highest BCUT2D eigenvalue weighted by Gasteiger charge is 2.22. The van der Waals surface area contributed by atoms with Gasteiger partial charge in [0.25, 0.3) is 0 Å². The van der Waals surface area contributed by atoms with Crippen molar-refractivity contribution in [2.75, 3.05) is 13.1 Å². The van der Waals surface area contributed by atoms with E-state index in [0.29, 0.717) is 19.5 Å². The summed E-state index contributed by atoms with van der Waals surface area (Å²) in [5.41, 5.74) is 0. The third-order valence-corrected chi connectivity index (χ3v) is 1.91. The second-order valence-corrected chi connectivity index (χ2v) is 5.41. The van der Waals surface area contributed by atoms with E-state index in [1.807, 2.05) is 6.92 Å². The molecule has 0 aromatic heterocycles. The molecule has 0 aliphatic rings. The molecule has 2 N–H and O–H groups in total. The quantitative estimate of drug-likeness (QED) is 0.722. The highest BCUT2D eigenvalue weighted by atomic mass is 79.9. The van der Waals surface area contributed by atoms with E-state index < -0.39 is 4.32 Å². The Kier molecular flexibility index (Phi) is 5.76. The molecule has 82 valence electrons. The van der Waals surface area contributed by atoms with Gasteiger partial charge < -0.3 is 10.6 Å². The fourth-order valence-corrected chi connectivity index (χ4v) is 0.925. The van der Waals surface area contributed by atoms with Crippen molar-refractivity contribution >= 4 is 27.7 Å². The van der Waals surface area contributed by atoms with Crippen molar-refractivity contribution in [2.45, 2.75) is 31.5 Å². The monoisotopic (exact) mass is 264 g/mol. The lowest BCUT2D eigenvalue weighted by atomic mass is 10.2. The summed E-state index contributed by atoms with van der Waals surface area (Å²) in [5, 5.41) is 5.32. The van der Waals surface area contributed by atoms with Crippen LogP contribution < -0.4 is 10.6 Å². The fourth-order valence-electron chi connectivity index (χ4n) is 0.785. The van der Waals surface area contributed by atoms with Crippen molar-refractivity contribution in [3.63, 3.8) is 0 Å². The molecule has 14 heavy (non-hydrogen) atoms. The Bertz CT molecular complexity index is 211. The lowest BCUT2D eigenvalue weighted by molar-refractivity contribution is -0.123. The van der Waals surface area contributed by atoms with E-state index in [1.54, 1.807) is 13.8 Å². The zero-order valence-corrected chi connectivity index (χ0v) is 10.4. The molecule has 0 radical (unpaired) electrons. The molecule has 2 amide bonds. The van der Waals surface area contributed by atoms with Gasteiger partial charge in [-0.1, -0.05) is 15.9 Å². The Morgan fingerprint density at radius 3 is 2.29 bits per heavy atom. The minimum Gasteiger partial charge on any atom is -0.356 e. The Morgan fingerprint density at radius 1 is 1.29 bits per heavy atom. The minimum atomic E-state index is -0.575. The van der Waals surface area contributed by atoms with Crippen molar-refractivity contribution in [3.05, 3.63) is 0 Å². The third-order valence-electron chi connectivity index (χ3n) is 1.55. The molecule has 0 saturated carbocycles. The summed E-state index contributed by atoms with van der Waals surface area (Å²) >= 11 is 3.23. The van der Waals surface area contributed by atoms with E-state index in [4.69, 9.17) is 0 Å². The van der Waals surface area contributed by atoms with E-state index >= 15 is 0 Å². The van der Waals surface area contributed by atoms with E-state index in [1.165, 1.54) is 0 Å². The molecule has 4 nitrogen and oxygen atoms in total. The maximum Gasteiger partial charge on any atom is 0.236 e. The Balaban J connectivity index is 3.65. The molecule has 0 atom stereocenters. The summed E-state index contributed by atoms with van der Waals surface area (Å²) in [4.78, 5) is 22.3. The predicted octanol–water partition coefficient (Wildman–Crippen LogP) is 0.802. The van der Waals surface area contributed by atoms with Crippen LogP contribution in [0.4, 0.5) is 0 Å². The summed E-state index contributed by atoms with van der Waals surface area (Å²) < 4.78 is -0.575. The molecule has 0 aromatic rings. The minimum absolute atomic E-state index is 0.0415. The van der Waals surface area contributed by atoms with E-state index in [2.05, 4.69) is 26.6 Å². The lowest BCUT2D eigenvalue weighted by Gasteiger charge is -2.15. The average Bonchev–Trinajstić information content (AvgIpc) is 2.02. The summed E-state index contributed by atoms with van der Waals surface area (Å²) in [6, 6.07) is 0. The first-order valence-electron chi connectivity index (χ1n) is 4.61. The number of rotatable bonds is 5. The van der Waals surface area contributed by atoms with Crippen LogP contribution in [-0.2, 0) is 9.59 Å². The van der Waals surface area contributed by atoms with Gasteiger partial charge in [-0.2, -0.15) is 0 Å². The van der Waals surface area contributed by atoms with Crippen molar-refractivity contribution < 1.29 is 9.59 Å². The molecule has 0 aromatic carbocycles. The molecule has 0 heterocycles. The van der Waals surface area contributed by atoms with Gasteiger partial charge in [0.2, 0.25) is 11.8 Å². The molecule has 0 saturated heterocycles. The fraction of sp³-hybridized carbons (Fsp3) is 0.778. The first kappa shape index (κ1) is 13.4. The highest BCUT2D eigenvalue weighted by molar-refractivity contribution is 9.10. The van der Waals surface area contributed by atoms with Crippen LogP contribution in [0.2, 0.25) is 0 Å². The zero-order valence-electron chi connectivity index (χ0n) is 8.82. The van der Waals surface area contributed by atoms with Crippen LogP contribution in [0.25, 0.3) is 0 Å². The summed E-state index contributed by atoms with van der Waals surface area (Å²) in [7, 11) is 0. The van der Waals surface area contributed by atoms with Gasteiger partial charge in [0, 0.05) is 19.5 Å². The number of hydrogen-bond acceptors (Lipinski definition) is 2. The SMILES string of the molecule is CCNC(=O)CCNC(=O)C(C)(C)Br. The molecule has 0 fully saturated rings. The van der Waals surface area contributed by atoms with Crippen LogP contribution in [0.5, 0.6) is 0 Å². The average molecular weight is 265 g/mol. The third kappa shape index (κ3) is 5.96. The molecule has 0 spiro atoms. The topological polar surface area (TPSA) is 58.2 Å². The van der Waals surface area contributed by atoms with Gasteiger partial charge in [-0.25, -0.2) is 0 Å². The number of carbonyl (C=O) groups is 2. The summed E-state index contributed by atoms with van der Waals surface area (Å²) in [6.45, 7) is 6.37. The highest BCUT2D eigenvalue weighted by Crippen LogP contribution is 2.14. The number of hydrogen-bond donors (Lipinski definition) is 2. The maximum absolute atomic E-state index is 11.3. The molecule has 0 aliphatic carbocycles. The molecule has 0 rings (SSSR count). The Hall–Kier alpha value is -0.580. The Labute approximate surface area is 92.9 Å². The van der Waals surface area contributed by atoms with Crippen LogP contribution in [0, 0.1) is 0 Å². The van der Waals surface area contributed by atoms with Gasteiger partial charge in [-0.05, 0) is 20.8 Å². The van der Waals surface area contributed by atoms with Gasteiger partial charge in [-0.15, -0.1) is 0 Å². The van der Waals surface area contributed by atoms with Gasteiger partial charge in [0.05, 0.1) is 4.32 Å². The Morgan fingerprint density at radius 2 is 1.86 bits per heavy atom. The normalized spacial score (nSPS) is 10.9. The van der Waals surface area contributed by atoms with Crippen molar-refractivity contribution in [1.29, 1.82) is 0 Å².